The molecule has 0 bridgehead atoms. The number of amides is 1. The van der Waals surface area contributed by atoms with E-state index in [0.29, 0.717) is 21.8 Å². The Bertz CT molecular complexity index is 951. The number of carboxylic acid groups (broad SMARTS) is 1. The van der Waals surface area contributed by atoms with Gasteiger partial charge in [-0.15, -0.1) is 0 Å². The van der Waals surface area contributed by atoms with Gasteiger partial charge < -0.3 is 10.4 Å². The number of rotatable bonds is 4. The lowest BCUT2D eigenvalue weighted by Crippen LogP contribution is -2.16. The number of nitrogens with one attached hydrogen (secondary N) is 1. The summed E-state index contributed by atoms with van der Waals surface area (Å²) in [5, 5.41) is 16.5. The van der Waals surface area contributed by atoms with Crippen molar-refractivity contribution in [1.82, 2.24) is 9.78 Å². The van der Waals surface area contributed by atoms with Crippen molar-refractivity contribution in [2.75, 3.05) is 5.32 Å². The van der Waals surface area contributed by atoms with E-state index in [1.54, 1.807) is 55.5 Å². The molecule has 0 aliphatic heterocycles. The maximum atomic E-state index is 12.6. The minimum atomic E-state index is -1.17. The summed E-state index contributed by atoms with van der Waals surface area (Å²) in [5.41, 5.74) is 1.16. The Morgan fingerprint density at radius 2 is 1.72 bits per heavy atom. The van der Waals surface area contributed by atoms with Crippen LogP contribution < -0.4 is 5.32 Å². The second-order valence-corrected chi connectivity index (χ2v) is 5.72. The molecule has 6 nitrogen and oxygen atoms in total. The molecule has 2 N–H and O–H groups in total. The number of carbonyl (C=O) groups is 2. The van der Waals surface area contributed by atoms with Gasteiger partial charge in [-0.1, -0.05) is 41.9 Å². The molecule has 3 rings (SSSR count). The number of aromatic nitrogens is 2. The van der Waals surface area contributed by atoms with Gasteiger partial charge in [-0.25, -0.2) is 9.48 Å². The smallest absolute Gasteiger partial charge is 0.356 e. The zero-order valence-electron chi connectivity index (χ0n) is 13.2. The maximum absolute atomic E-state index is 12.6. The molecule has 0 atom stereocenters. The van der Waals surface area contributed by atoms with Crippen LogP contribution in [0.4, 0.5) is 5.82 Å². The van der Waals surface area contributed by atoms with Crippen LogP contribution in [0.15, 0.2) is 54.6 Å². The molecule has 25 heavy (non-hydrogen) atoms. The highest BCUT2D eigenvalue weighted by Crippen LogP contribution is 2.25. The Kier molecular flexibility index (Phi) is 4.54. The molecule has 0 saturated heterocycles. The van der Waals surface area contributed by atoms with Gasteiger partial charge in [0, 0.05) is 5.56 Å². The van der Waals surface area contributed by atoms with E-state index < -0.39 is 11.9 Å². The molecule has 0 aliphatic carbocycles. The first-order valence-electron chi connectivity index (χ1n) is 7.43. The molecule has 7 heteroatoms. The number of carbonyl (C=O) groups excluding carboxylic acids is 1. The van der Waals surface area contributed by atoms with Gasteiger partial charge in [0.25, 0.3) is 5.91 Å². The van der Waals surface area contributed by atoms with E-state index in [9.17, 15) is 14.7 Å². The minimum Gasteiger partial charge on any atom is -0.476 e. The quantitative estimate of drug-likeness (QED) is 0.745. The predicted molar refractivity (Wildman–Crippen MR) is 94.7 cm³/mol. The average molecular weight is 356 g/mol. The van der Waals surface area contributed by atoms with Crippen LogP contribution in [0, 0.1) is 6.92 Å². The van der Waals surface area contributed by atoms with Crippen LogP contribution in [-0.4, -0.2) is 26.8 Å². The molecular weight excluding hydrogens is 342 g/mol. The summed E-state index contributed by atoms with van der Waals surface area (Å²) >= 11 is 6.06. The number of anilines is 1. The van der Waals surface area contributed by atoms with Crippen molar-refractivity contribution in [1.29, 1.82) is 0 Å². The van der Waals surface area contributed by atoms with Crippen LogP contribution in [0.1, 0.15) is 26.4 Å². The minimum absolute atomic E-state index is 0.127. The molecule has 1 amide bonds. The van der Waals surface area contributed by atoms with Gasteiger partial charge in [-0.3, -0.25) is 4.79 Å². The van der Waals surface area contributed by atoms with E-state index >= 15 is 0 Å². The van der Waals surface area contributed by atoms with Gasteiger partial charge in [0.15, 0.2) is 5.69 Å². The SMILES string of the molecule is Cc1c(C(=O)O)nn(-c2ccccc2)c1NC(=O)c1ccccc1Cl. The topological polar surface area (TPSA) is 84.2 Å². The summed E-state index contributed by atoms with van der Waals surface area (Å²) in [7, 11) is 0. The van der Waals surface area contributed by atoms with Crippen LogP contribution in [-0.2, 0) is 0 Å². The lowest BCUT2D eigenvalue weighted by Gasteiger charge is -2.10. The Hall–Kier alpha value is -3.12. The molecule has 0 fully saturated rings. The van der Waals surface area contributed by atoms with Gasteiger partial charge in [0.2, 0.25) is 0 Å². The third-order valence-electron chi connectivity index (χ3n) is 3.68. The van der Waals surface area contributed by atoms with E-state index in [4.69, 9.17) is 11.6 Å². The van der Waals surface area contributed by atoms with E-state index in [-0.39, 0.29) is 11.5 Å². The van der Waals surface area contributed by atoms with Gasteiger partial charge in [0.05, 0.1) is 16.3 Å². The fraction of sp³-hybridized carbons (Fsp3) is 0.0556. The average Bonchev–Trinajstić information content (AvgIpc) is 2.93. The first-order valence-corrected chi connectivity index (χ1v) is 7.81. The molecule has 1 aromatic heterocycles. The van der Waals surface area contributed by atoms with Crippen LogP contribution >= 0.6 is 11.6 Å². The Morgan fingerprint density at radius 1 is 1.08 bits per heavy atom. The Labute approximate surface area is 148 Å². The number of para-hydroxylation sites is 1. The third-order valence-corrected chi connectivity index (χ3v) is 4.01. The van der Waals surface area contributed by atoms with E-state index in [1.165, 1.54) is 4.68 Å². The zero-order valence-corrected chi connectivity index (χ0v) is 14.0. The lowest BCUT2D eigenvalue weighted by molar-refractivity contribution is 0.0689. The number of hydrogen-bond donors (Lipinski definition) is 2. The maximum Gasteiger partial charge on any atom is 0.356 e. The van der Waals surface area contributed by atoms with Gasteiger partial charge in [-0.2, -0.15) is 5.10 Å². The van der Waals surface area contributed by atoms with Crippen molar-refractivity contribution >= 4 is 29.3 Å². The van der Waals surface area contributed by atoms with Gasteiger partial charge in [-0.05, 0) is 31.2 Å². The lowest BCUT2D eigenvalue weighted by atomic mass is 10.2. The van der Waals surface area contributed by atoms with E-state index in [1.807, 2.05) is 6.07 Å². The fourth-order valence-corrected chi connectivity index (χ4v) is 2.64. The van der Waals surface area contributed by atoms with Crippen molar-refractivity contribution in [2.24, 2.45) is 0 Å². The zero-order chi connectivity index (χ0) is 18.0. The standard InChI is InChI=1S/C18H14ClN3O3/c1-11-15(18(24)25)21-22(12-7-3-2-4-8-12)16(11)20-17(23)13-9-5-6-10-14(13)19/h2-10H,1H3,(H,20,23)(H,24,25). The molecule has 0 unspecified atom stereocenters. The number of carboxylic acids is 1. The molecule has 0 saturated carbocycles. The second-order valence-electron chi connectivity index (χ2n) is 5.31. The molecule has 126 valence electrons. The summed E-state index contributed by atoms with van der Waals surface area (Å²) in [6.45, 7) is 1.60. The highest BCUT2D eigenvalue weighted by molar-refractivity contribution is 6.34. The van der Waals surface area contributed by atoms with Crippen molar-refractivity contribution in [2.45, 2.75) is 6.92 Å². The Morgan fingerprint density at radius 3 is 2.36 bits per heavy atom. The number of halogens is 1. The predicted octanol–water partition coefficient (Wildman–Crippen LogP) is 3.78. The van der Waals surface area contributed by atoms with Crippen molar-refractivity contribution in [3.63, 3.8) is 0 Å². The first kappa shape index (κ1) is 16.7. The highest BCUT2D eigenvalue weighted by atomic mass is 35.5. The summed E-state index contributed by atoms with van der Waals surface area (Å²) in [5.74, 6) is -1.32. The van der Waals surface area contributed by atoms with Crippen LogP contribution in [0.5, 0.6) is 0 Å². The molecular formula is C18H14ClN3O3. The van der Waals surface area contributed by atoms with Crippen molar-refractivity contribution < 1.29 is 14.7 Å². The van der Waals surface area contributed by atoms with Crippen LogP contribution in [0.3, 0.4) is 0 Å². The third kappa shape index (κ3) is 3.25. The van der Waals surface area contributed by atoms with Crippen LogP contribution in [0.25, 0.3) is 5.69 Å². The van der Waals surface area contributed by atoms with Crippen molar-refractivity contribution in [3.05, 3.63) is 76.4 Å². The molecule has 0 radical (unpaired) electrons. The monoisotopic (exact) mass is 355 g/mol. The molecule has 0 spiro atoms. The van der Waals surface area contributed by atoms with Crippen LogP contribution in [0.2, 0.25) is 5.02 Å². The molecule has 2 aromatic carbocycles. The number of nitrogens with zero attached hydrogens (tertiary/aromatic N) is 2. The highest BCUT2D eigenvalue weighted by Gasteiger charge is 2.22. The first-order chi connectivity index (χ1) is 12.0. The number of aromatic carboxylic acids is 1. The summed E-state index contributed by atoms with van der Waals surface area (Å²) < 4.78 is 1.40. The number of benzene rings is 2. The van der Waals surface area contributed by atoms with Gasteiger partial charge in [0.1, 0.15) is 5.82 Å². The summed E-state index contributed by atoms with van der Waals surface area (Å²) in [4.78, 5) is 24.0. The molecule has 1 heterocycles. The normalized spacial score (nSPS) is 10.5. The number of hydrogen-bond acceptors (Lipinski definition) is 3. The van der Waals surface area contributed by atoms with Crippen molar-refractivity contribution in [3.8, 4) is 5.69 Å². The molecule has 0 aliphatic rings. The van der Waals surface area contributed by atoms with E-state index in [2.05, 4.69) is 10.4 Å². The summed E-state index contributed by atoms with van der Waals surface area (Å²) in [6.07, 6.45) is 0. The molecule has 3 aromatic rings. The fourth-order valence-electron chi connectivity index (χ4n) is 2.42. The Balaban J connectivity index is 2.07. The van der Waals surface area contributed by atoms with E-state index in [0.717, 1.165) is 0 Å². The van der Waals surface area contributed by atoms with Gasteiger partial charge >= 0.3 is 5.97 Å². The second kappa shape index (κ2) is 6.78. The largest absolute Gasteiger partial charge is 0.476 e. The summed E-state index contributed by atoms with van der Waals surface area (Å²) in [6, 6.07) is 15.6.